The molecule has 0 radical (unpaired) electrons. The first-order valence-electron chi connectivity index (χ1n) is 15.9. The van der Waals surface area contributed by atoms with Crippen molar-refractivity contribution in [1.29, 1.82) is 0 Å². The summed E-state index contributed by atoms with van der Waals surface area (Å²) >= 11 is 0. The minimum atomic E-state index is -3.88. The van der Waals surface area contributed by atoms with Crippen molar-refractivity contribution in [3.05, 3.63) is 43.1 Å². The van der Waals surface area contributed by atoms with Crippen LogP contribution in [0.4, 0.5) is 5.95 Å². The molecule has 17 nitrogen and oxygen atoms in total. The molecule has 0 unspecified atom stereocenters. The molecule has 50 heavy (non-hydrogen) atoms. The minimum Gasteiger partial charge on any atom is -0.497 e. The van der Waals surface area contributed by atoms with Gasteiger partial charge in [-0.1, -0.05) is 6.08 Å². The van der Waals surface area contributed by atoms with Gasteiger partial charge in [-0.3, -0.25) is 19.1 Å². The van der Waals surface area contributed by atoms with Crippen LogP contribution >= 0.6 is 0 Å². The zero-order chi connectivity index (χ0) is 35.8. The molecule has 1 aliphatic heterocycles. The van der Waals surface area contributed by atoms with Crippen LogP contribution in [0.1, 0.15) is 32.6 Å². The van der Waals surface area contributed by atoms with Crippen LogP contribution in [0.3, 0.4) is 0 Å². The smallest absolute Gasteiger partial charge is 0.324 e. The van der Waals surface area contributed by atoms with Crippen molar-refractivity contribution in [3.63, 3.8) is 0 Å². The second-order valence-electron chi connectivity index (χ2n) is 12.4. The Morgan fingerprint density at radius 2 is 1.78 bits per heavy atom. The summed E-state index contributed by atoms with van der Waals surface area (Å²) in [6.07, 6.45) is 3.52. The molecule has 3 aromatic rings. The Morgan fingerprint density at radius 1 is 1.06 bits per heavy atom. The highest BCUT2D eigenvalue weighted by molar-refractivity contribution is 7.91. The van der Waals surface area contributed by atoms with Gasteiger partial charge in [-0.15, -0.1) is 11.6 Å². The van der Waals surface area contributed by atoms with Crippen molar-refractivity contribution in [1.82, 2.24) is 34.9 Å². The molecule has 3 amide bonds. The molecule has 2 aromatic heterocycles. The lowest BCUT2D eigenvalue weighted by Crippen LogP contribution is -2.57. The van der Waals surface area contributed by atoms with E-state index in [0.717, 1.165) is 5.39 Å². The number of benzene rings is 1. The summed E-state index contributed by atoms with van der Waals surface area (Å²) < 4.78 is 49.2. The number of hydrogen-bond acceptors (Lipinski definition) is 14. The molecular formula is C32H38N8O9S. The van der Waals surface area contributed by atoms with Gasteiger partial charge in [0.25, 0.3) is 5.91 Å². The summed E-state index contributed by atoms with van der Waals surface area (Å²) in [7, 11) is 0.419. The first-order valence-corrected chi connectivity index (χ1v) is 17.5. The van der Waals surface area contributed by atoms with Crippen LogP contribution in [0, 0.1) is 5.92 Å². The van der Waals surface area contributed by atoms with Crippen molar-refractivity contribution in [3.8, 4) is 23.7 Å². The number of rotatable bonds is 14. The highest BCUT2D eigenvalue weighted by atomic mass is 32.2. The number of likely N-dealkylation sites (tertiary alicyclic amines) is 1. The van der Waals surface area contributed by atoms with E-state index < -0.39 is 62.6 Å². The van der Waals surface area contributed by atoms with Gasteiger partial charge in [0.2, 0.25) is 33.7 Å². The van der Waals surface area contributed by atoms with Gasteiger partial charge in [-0.25, -0.2) is 13.4 Å². The maximum absolute atomic E-state index is 14.1. The van der Waals surface area contributed by atoms with Crippen molar-refractivity contribution >= 4 is 44.5 Å². The maximum Gasteiger partial charge on any atom is 0.324 e. The number of carbonyl (C=O) groups excluding carboxylic acids is 3. The number of nitrogens with zero attached hydrogens (tertiary/aromatic N) is 5. The van der Waals surface area contributed by atoms with E-state index in [1.807, 2.05) is 18.2 Å². The molecule has 6 rings (SSSR count). The number of amides is 3. The molecule has 2 aliphatic carbocycles. The molecule has 2 saturated carbocycles. The van der Waals surface area contributed by atoms with Gasteiger partial charge < -0.3 is 34.5 Å². The molecule has 3 heterocycles. The molecule has 3 fully saturated rings. The molecule has 18 heteroatoms. The minimum absolute atomic E-state index is 0.00256. The summed E-state index contributed by atoms with van der Waals surface area (Å²) in [5.41, 5.74) is -1.54. The van der Waals surface area contributed by atoms with E-state index in [1.54, 1.807) is 26.3 Å². The van der Waals surface area contributed by atoms with Crippen LogP contribution in [0.25, 0.3) is 10.8 Å². The van der Waals surface area contributed by atoms with Crippen molar-refractivity contribution in [2.45, 2.75) is 61.6 Å². The third-order valence-corrected chi connectivity index (χ3v) is 10.8. The normalized spacial score (nSPS) is 23.4. The lowest BCUT2D eigenvalue weighted by Gasteiger charge is -2.28. The number of anilines is 1. The quantitative estimate of drug-likeness (QED) is 0.199. The fraction of sp³-hybridized carbons (Fsp3) is 0.469. The van der Waals surface area contributed by atoms with Gasteiger partial charge in [0, 0.05) is 23.9 Å². The van der Waals surface area contributed by atoms with Gasteiger partial charge in [0.1, 0.15) is 29.5 Å². The fourth-order valence-corrected chi connectivity index (χ4v) is 7.35. The van der Waals surface area contributed by atoms with Crippen LogP contribution in [-0.2, 0) is 24.4 Å². The number of sulfonamides is 1. The van der Waals surface area contributed by atoms with Gasteiger partial charge in [-0.2, -0.15) is 9.97 Å². The number of nitrogens with one attached hydrogen (secondary N) is 3. The average Bonchev–Trinajstić information content (AvgIpc) is 4.04. The molecule has 5 atom stereocenters. The van der Waals surface area contributed by atoms with E-state index in [2.05, 4.69) is 41.9 Å². The summed E-state index contributed by atoms with van der Waals surface area (Å²) in [5, 5.41) is 6.56. The SMILES string of the molecule is C=C[C@@H]1C[C@]1(NC(=O)[C@@H]1C[C@@H](Oc2nccc3cc(OC)ccc23)CN1C(=O)[C@H](C)Nc1nc(OC)nc(OC)n1)C(=O)NS(=O)(=O)C1CC1. The summed E-state index contributed by atoms with van der Waals surface area (Å²) in [5.74, 6) is -1.56. The third kappa shape index (κ3) is 6.92. The van der Waals surface area contributed by atoms with Crippen LogP contribution in [0.15, 0.2) is 43.1 Å². The predicted octanol–water partition coefficient (Wildman–Crippen LogP) is 0.964. The number of carbonyl (C=O) groups is 3. The largest absolute Gasteiger partial charge is 0.497 e. The first-order chi connectivity index (χ1) is 23.9. The van der Waals surface area contributed by atoms with Gasteiger partial charge >= 0.3 is 12.0 Å². The second-order valence-corrected chi connectivity index (χ2v) is 14.3. The Bertz CT molecular complexity index is 1920. The Kier molecular flexibility index (Phi) is 9.39. The number of aromatic nitrogens is 4. The number of methoxy groups -OCH3 is 3. The van der Waals surface area contributed by atoms with E-state index in [-0.39, 0.29) is 37.4 Å². The Labute approximate surface area is 288 Å². The lowest BCUT2D eigenvalue weighted by molar-refractivity contribution is -0.140. The highest BCUT2D eigenvalue weighted by Gasteiger charge is 2.62. The van der Waals surface area contributed by atoms with Crippen LogP contribution in [0.2, 0.25) is 0 Å². The van der Waals surface area contributed by atoms with Gasteiger partial charge in [-0.05, 0) is 55.8 Å². The van der Waals surface area contributed by atoms with Gasteiger partial charge in [0.05, 0.1) is 33.1 Å². The number of fused-ring (bicyclic) bond motifs is 1. The molecule has 0 bridgehead atoms. The van der Waals surface area contributed by atoms with E-state index in [0.29, 0.717) is 29.9 Å². The van der Waals surface area contributed by atoms with Gasteiger partial charge in [0.15, 0.2) is 0 Å². The van der Waals surface area contributed by atoms with Crippen molar-refractivity contribution in [2.75, 3.05) is 33.2 Å². The Hall–Kier alpha value is -5.26. The summed E-state index contributed by atoms with van der Waals surface area (Å²) in [4.78, 5) is 59.5. The lowest BCUT2D eigenvalue weighted by atomic mass is 10.1. The standard InChI is InChI=1S/C32H38N8O9S/c1-6-19-15-32(19,28(43)39-50(44,45)22-8-9-22)38-25(41)24-14-21(49-26-23-10-7-20(46-3)13-18(23)11-12-33-26)16-40(24)27(42)17(2)34-29-35-30(47-4)37-31(36-29)48-5/h6-7,10-13,17,19,21-22,24H,1,8-9,14-16H2,2-5H3,(H,38,41)(H,39,43)(H,34,35,36,37)/t17-,19+,21+,24-,32+/m0/s1. The maximum atomic E-state index is 14.1. The van der Waals surface area contributed by atoms with E-state index in [9.17, 15) is 22.8 Å². The zero-order valence-corrected chi connectivity index (χ0v) is 28.7. The van der Waals surface area contributed by atoms with Crippen molar-refractivity contribution < 1.29 is 41.7 Å². The molecule has 266 valence electrons. The van der Waals surface area contributed by atoms with E-state index >= 15 is 0 Å². The highest BCUT2D eigenvalue weighted by Crippen LogP contribution is 2.45. The Morgan fingerprint density at radius 3 is 2.40 bits per heavy atom. The van der Waals surface area contributed by atoms with Crippen molar-refractivity contribution in [2.24, 2.45) is 5.92 Å². The molecule has 1 saturated heterocycles. The molecule has 3 N–H and O–H groups in total. The van der Waals surface area contributed by atoms with Crippen LogP contribution < -0.4 is 34.3 Å². The average molecular weight is 711 g/mol. The number of ether oxygens (including phenoxy) is 4. The fourth-order valence-electron chi connectivity index (χ4n) is 5.99. The third-order valence-electron chi connectivity index (χ3n) is 8.99. The monoisotopic (exact) mass is 710 g/mol. The molecular weight excluding hydrogens is 672 g/mol. The van der Waals surface area contributed by atoms with Crippen LogP contribution in [-0.4, -0.2) is 108 Å². The second kappa shape index (κ2) is 13.6. The predicted molar refractivity (Wildman–Crippen MR) is 178 cm³/mol. The first kappa shape index (κ1) is 34.6. The molecule has 0 spiro atoms. The molecule has 3 aliphatic rings. The van der Waals surface area contributed by atoms with E-state index in [4.69, 9.17) is 18.9 Å². The van der Waals surface area contributed by atoms with Crippen LogP contribution in [0.5, 0.6) is 23.7 Å². The van der Waals surface area contributed by atoms with E-state index in [1.165, 1.54) is 25.2 Å². The zero-order valence-electron chi connectivity index (χ0n) is 27.9. The molecule has 1 aromatic carbocycles. The number of pyridine rings is 1. The number of hydrogen-bond donors (Lipinski definition) is 3. The summed E-state index contributed by atoms with van der Waals surface area (Å²) in [6.45, 7) is 5.31. The summed E-state index contributed by atoms with van der Waals surface area (Å²) in [6, 6.07) is 5.07. The Balaban J connectivity index is 1.26. The topological polar surface area (TPSA) is 213 Å².